The molecule has 0 aliphatic carbocycles. The van der Waals surface area contributed by atoms with Crippen molar-refractivity contribution in [3.8, 4) is 0 Å². The molecule has 0 aliphatic heterocycles. The van der Waals surface area contributed by atoms with E-state index >= 15 is 0 Å². The molecule has 1 amide bonds. The van der Waals surface area contributed by atoms with Crippen LogP contribution in [0.2, 0.25) is 0 Å². The van der Waals surface area contributed by atoms with Crippen molar-refractivity contribution in [1.82, 2.24) is 4.57 Å². The minimum Gasteiger partial charge on any atom is -0.316 e. The first-order valence-corrected chi connectivity index (χ1v) is 9.85. The van der Waals surface area contributed by atoms with Crippen LogP contribution in [0.15, 0.2) is 59.6 Å². The number of fused-ring (bicyclic) bond motifs is 1. The summed E-state index contributed by atoms with van der Waals surface area (Å²) in [5, 5.41) is 0. The summed E-state index contributed by atoms with van der Waals surface area (Å²) in [6.07, 6.45) is 4.34. The van der Waals surface area contributed by atoms with Crippen molar-refractivity contribution in [1.29, 1.82) is 0 Å². The van der Waals surface area contributed by atoms with Gasteiger partial charge in [0.1, 0.15) is 0 Å². The van der Waals surface area contributed by atoms with Gasteiger partial charge in [-0.15, -0.1) is 0 Å². The molecule has 0 aliphatic rings. The van der Waals surface area contributed by atoms with E-state index in [1.165, 1.54) is 16.3 Å². The average molecular weight is 365 g/mol. The highest BCUT2D eigenvalue weighted by molar-refractivity contribution is 7.16. The minimum absolute atomic E-state index is 0.227. The minimum atomic E-state index is -0.227. The second-order valence-corrected chi connectivity index (χ2v) is 7.62. The van der Waals surface area contributed by atoms with Crippen LogP contribution in [0.4, 0.5) is 0 Å². The Balaban J connectivity index is 1.99. The van der Waals surface area contributed by atoms with Crippen molar-refractivity contribution in [2.24, 2.45) is 4.99 Å². The summed E-state index contributed by atoms with van der Waals surface area (Å²) in [6, 6.07) is 16.3. The van der Waals surface area contributed by atoms with Crippen molar-refractivity contribution in [3.63, 3.8) is 0 Å². The molecule has 134 valence electrons. The molecule has 0 saturated heterocycles. The van der Waals surface area contributed by atoms with Crippen LogP contribution in [0.5, 0.6) is 0 Å². The molecule has 0 unspecified atom stereocenters. The maximum absolute atomic E-state index is 12.3. The van der Waals surface area contributed by atoms with E-state index in [4.69, 9.17) is 0 Å². The van der Waals surface area contributed by atoms with Gasteiger partial charge in [-0.05, 0) is 41.7 Å². The summed E-state index contributed by atoms with van der Waals surface area (Å²) >= 11 is 1.59. The lowest BCUT2D eigenvalue weighted by Gasteiger charge is -2.06. The van der Waals surface area contributed by atoms with Crippen molar-refractivity contribution in [3.05, 3.63) is 70.5 Å². The van der Waals surface area contributed by atoms with Crippen molar-refractivity contribution < 1.29 is 4.79 Å². The average Bonchev–Trinajstić information content (AvgIpc) is 2.97. The molecule has 0 saturated carbocycles. The third kappa shape index (κ3) is 4.20. The van der Waals surface area contributed by atoms with Crippen LogP contribution in [-0.2, 0) is 11.3 Å². The highest BCUT2D eigenvalue weighted by Crippen LogP contribution is 2.23. The van der Waals surface area contributed by atoms with Gasteiger partial charge in [-0.1, -0.05) is 68.5 Å². The third-order valence-corrected chi connectivity index (χ3v) is 5.29. The third-order valence-electron chi connectivity index (χ3n) is 4.24. The summed E-state index contributed by atoms with van der Waals surface area (Å²) in [6.45, 7) is 7.38. The predicted octanol–water partition coefficient (Wildman–Crippen LogP) is 5.38. The van der Waals surface area contributed by atoms with Crippen molar-refractivity contribution >= 4 is 33.5 Å². The van der Waals surface area contributed by atoms with Crippen LogP contribution in [-0.4, -0.2) is 10.5 Å². The van der Waals surface area contributed by atoms with Crippen molar-refractivity contribution in [2.75, 3.05) is 0 Å². The number of rotatable bonds is 5. The van der Waals surface area contributed by atoms with Crippen LogP contribution in [0.1, 0.15) is 44.2 Å². The van der Waals surface area contributed by atoms with Gasteiger partial charge in [0.15, 0.2) is 4.80 Å². The Hall–Kier alpha value is -2.46. The summed E-state index contributed by atoms with van der Waals surface area (Å²) in [5.41, 5.74) is 3.46. The largest absolute Gasteiger partial charge is 0.316 e. The molecular formula is C22H24N2OS. The van der Waals surface area contributed by atoms with Gasteiger partial charge in [0, 0.05) is 12.6 Å². The maximum atomic E-state index is 12.3. The predicted molar refractivity (Wildman–Crippen MR) is 110 cm³/mol. The SMILES string of the molecule is CCCn1c(=NC(=O)/C=C/c2ccccc2)sc2cc(C(C)C)ccc21. The first kappa shape index (κ1) is 18.3. The zero-order chi connectivity index (χ0) is 18.5. The van der Waals surface area contributed by atoms with E-state index in [0.717, 1.165) is 28.8 Å². The van der Waals surface area contributed by atoms with Gasteiger partial charge in [-0.25, -0.2) is 0 Å². The summed E-state index contributed by atoms with van der Waals surface area (Å²) < 4.78 is 3.33. The van der Waals surface area contributed by atoms with Crippen LogP contribution < -0.4 is 4.80 Å². The first-order valence-electron chi connectivity index (χ1n) is 9.03. The molecule has 1 aromatic heterocycles. The number of amides is 1. The van der Waals surface area contributed by atoms with E-state index < -0.39 is 0 Å². The molecule has 0 fully saturated rings. The number of hydrogen-bond donors (Lipinski definition) is 0. The molecule has 0 bridgehead atoms. The van der Waals surface area contributed by atoms with E-state index in [-0.39, 0.29) is 5.91 Å². The lowest BCUT2D eigenvalue weighted by molar-refractivity contribution is -0.113. The maximum Gasteiger partial charge on any atom is 0.272 e. The van der Waals surface area contributed by atoms with E-state index in [1.54, 1.807) is 17.4 Å². The van der Waals surface area contributed by atoms with Crippen LogP contribution >= 0.6 is 11.3 Å². The molecule has 0 radical (unpaired) electrons. The lowest BCUT2D eigenvalue weighted by atomic mass is 10.0. The van der Waals surface area contributed by atoms with E-state index in [9.17, 15) is 4.79 Å². The molecule has 3 rings (SSSR count). The Kier molecular flexibility index (Phi) is 5.84. The van der Waals surface area contributed by atoms with Gasteiger partial charge in [-0.3, -0.25) is 4.79 Å². The van der Waals surface area contributed by atoms with Gasteiger partial charge in [0.05, 0.1) is 10.2 Å². The fourth-order valence-corrected chi connectivity index (χ4v) is 3.95. The molecule has 0 N–H and O–H groups in total. The van der Waals surface area contributed by atoms with Crippen LogP contribution in [0.3, 0.4) is 0 Å². The molecule has 3 nitrogen and oxygen atoms in total. The number of nitrogens with zero attached hydrogens (tertiary/aromatic N) is 2. The van der Waals surface area contributed by atoms with E-state index in [0.29, 0.717) is 5.92 Å². The summed E-state index contributed by atoms with van der Waals surface area (Å²) in [4.78, 5) is 17.5. The topological polar surface area (TPSA) is 34.4 Å². The van der Waals surface area contributed by atoms with Crippen LogP contribution in [0, 0.1) is 0 Å². The summed E-state index contributed by atoms with van der Waals surface area (Å²) in [7, 11) is 0. The Bertz CT molecular complexity index is 994. The number of hydrogen-bond acceptors (Lipinski definition) is 2. The highest BCUT2D eigenvalue weighted by Gasteiger charge is 2.09. The second kappa shape index (κ2) is 8.28. The molecule has 4 heteroatoms. The van der Waals surface area contributed by atoms with E-state index in [1.807, 2.05) is 30.3 Å². The molecular weight excluding hydrogens is 340 g/mol. The second-order valence-electron chi connectivity index (χ2n) is 6.61. The number of carbonyl (C=O) groups excluding carboxylic acids is 1. The number of aromatic nitrogens is 1. The lowest BCUT2D eigenvalue weighted by Crippen LogP contribution is -2.16. The number of benzene rings is 2. The fourth-order valence-electron chi connectivity index (χ4n) is 2.84. The Morgan fingerprint density at radius 3 is 2.65 bits per heavy atom. The van der Waals surface area contributed by atoms with Gasteiger partial charge >= 0.3 is 0 Å². The Morgan fingerprint density at radius 2 is 1.96 bits per heavy atom. The molecule has 26 heavy (non-hydrogen) atoms. The number of aryl methyl sites for hydroxylation is 1. The number of thiazole rings is 1. The summed E-state index contributed by atoms with van der Waals surface area (Å²) in [5.74, 6) is 0.256. The Labute approximate surface area is 158 Å². The van der Waals surface area contributed by atoms with Gasteiger partial charge in [0.2, 0.25) is 0 Å². The van der Waals surface area contributed by atoms with Gasteiger partial charge in [-0.2, -0.15) is 4.99 Å². The Morgan fingerprint density at radius 1 is 1.19 bits per heavy atom. The fraction of sp³-hybridized carbons (Fsp3) is 0.273. The first-order chi connectivity index (χ1) is 12.6. The molecule has 2 aromatic carbocycles. The van der Waals surface area contributed by atoms with Gasteiger partial charge in [0.25, 0.3) is 5.91 Å². The molecule has 3 aromatic rings. The molecule has 0 atom stereocenters. The van der Waals surface area contributed by atoms with Gasteiger partial charge < -0.3 is 4.57 Å². The molecule has 1 heterocycles. The zero-order valence-electron chi connectivity index (χ0n) is 15.5. The normalized spacial score (nSPS) is 12.5. The highest BCUT2D eigenvalue weighted by atomic mass is 32.1. The standard InChI is InChI=1S/C22H24N2OS/c1-4-14-24-19-12-11-18(16(2)3)15-20(19)26-22(24)23-21(25)13-10-17-8-6-5-7-9-17/h5-13,15-16H,4,14H2,1-3H3/b13-10+,23-22?. The number of carbonyl (C=O) groups is 1. The monoisotopic (exact) mass is 364 g/mol. The zero-order valence-corrected chi connectivity index (χ0v) is 16.3. The smallest absolute Gasteiger partial charge is 0.272 e. The van der Waals surface area contributed by atoms with E-state index in [2.05, 4.69) is 48.5 Å². The molecule has 0 spiro atoms. The van der Waals surface area contributed by atoms with Crippen molar-refractivity contribution in [2.45, 2.75) is 39.7 Å². The van der Waals surface area contributed by atoms with Crippen LogP contribution in [0.25, 0.3) is 16.3 Å². The quantitative estimate of drug-likeness (QED) is 0.560.